The molecule has 0 fully saturated rings. The third-order valence-electron chi connectivity index (χ3n) is 1.78. The summed E-state index contributed by atoms with van der Waals surface area (Å²) in [6.45, 7) is 3.32. The molecule has 0 saturated carbocycles. The van der Waals surface area contributed by atoms with Crippen LogP contribution in [0.4, 0.5) is 14.9 Å². The van der Waals surface area contributed by atoms with Crippen LogP contribution in [-0.2, 0) is 4.74 Å². The molecule has 17 heavy (non-hydrogen) atoms. The predicted octanol–water partition coefficient (Wildman–Crippen LogP) is 2.26. The molecule has 0 aromatic heterocycles. The van der Waals surface area contributed by atoms with Gasteiger partial charge in [-0.05, 0) is 18.2 Å². The molecule has 0 heterocycles. The normalized spacial score (nSPS) is 9.47. The number of rotatable bonds is 4. The second-order valence-electron chi connectivity index (χ2n) is 3.01. The molecular weight excluding hydrogens is 229 g/mol. The van der Waals surface area contributed by atoms with E-state index in [1.807, 2.05) is 0 Å². The third kappa shape index (κ3) is 3.60. The van der Waals surface area contributed by atoms with Crippen molar-refractivity contribution in [2.24, 2.45) is 0 Å². The quantitative estimate of drug-likeness (QED) is 0.790. The smallest absolute Gasteiger partial charge is 0.412 e. The fourth-order valence-corrected chi connectivity index (χ4v) is 1.03. The van der Waals surface area contributed by atoms with Gasteiger partial charge in [0.15, 0.2) is 0 Å². The van der Waals surface area contributed by atoms with Gasteiger partial charge in [0.2, 0.25) is 0 Å². The maximum Gasteiger partial charge on any atom is 0.412 e. The van der Waals surface area contributed by atoms with E-state index in [4.69, 9.17) is 5.11 Å². The number of amides is 1. The lowest BCUT2D eigenvalue weighted by molar-refractivity contribution is 0.0696. The van der Waals surface area contributed by atoms with Gasteiger partial charge in [0.05, 0.1) is 11.3 Å². The number of anilines is 1. The molecule has 6 heteroatoms. The molecule has 0 bridgehead atoms. The molecule has 0 spiro atoms. The van der Waals surface area contributed by atoms with Crippen LogP contribution in [0.5, 0.6) is 0 Å². The lowest BCUT2D eigenvalue weighted by atomic mass is 10.2. The molecule has 1 aromatic carbocycles. The van der Waals surface area contributed by atoms with Gasteiger partial charge in [-0.3, -0.25) is 5.32 Å². The average molecular weight is 239 g/mol. The average Bonchev–Trinajstić information content (AvgIpc) is 2.29. The van der Waals surface area contributed by atoms with Gasteiger partial charge in [-0.25, -0.2) is 14.0 Å². The molecule has 90 valence electrons. The molecule has 0 saturated heterocycles. The van der Waals surface area contributed by atoms with Crippen LogP contribution >= 0.6 is 0 Å². The Labute approximate surface area is 96.5 Å². The number of carboxylic acids is 1. The maximum absolute atomic E-state index is 13.2. The van der Waals surface area contributed by atoms with E-state index in [-0.39, 0.29) is 17.9 Å². The summed E-state index contributed by atoms with van der Waals surface area (Å²) in [6.07, 6.45) is 0.468. The number of hydrogen-bond donors (Lipinski definition) is 2. The zero-order chi connectivity index (χ0) is 12.8. The number of carbonyl (C=O) groups is 2. The Balaban J connectivity index is 2.82. The Morgan fingerprint density at radius 3 is 2.82 bits per heavy atom. The number of halogens is 1. The SMILES string of the molecule is C=CCOC(=O)Nc1cc(C(=O)O)ccc1F. The Kier molecular flexibility index (Phi) is 4.21. The van der Waals surface area contributed by atoms with Crippen molar-refractivity contribution in [3.8, 4) is 0 Å². The van der Waals surface area contributed by atoms with Crippen molar-refractivity contribution in [2.75, 3.05) is 11.9 Å². The van der Waals surface area contributed by atoms with Gasteiger partial charge in [0, 0.05) is 0 Å². The van der Waals surface area contributed by atoms with Crippen LogP contribution in [0.1, 0.15) is 10.4 Å². The number of aromatic carboxylic acids is 1. The second-order valence-corrected chi connectivity index (χ2v) is 3.01. The summed E-state index contributed by atoms with van der Waals surface area (Å²) >= 11 is 0. The Morgan fingerprint density at radius 1 is 1.53 bits per heavy atom. The summed E-state index contributed by atoms with van der Waals surface area (Å²) in [4.78, 5) is 21.8. The first-order chi connectivity index (χ1) is 8.04. The van der Waals surface area contributed by atoms with Crippen molar-refractivity contribution in [1.82, 2.24) is 0 Å². The van der Waals surface area contributed by atoms with Crippen LogP contribution in [0.2, 0.25) is 0 Å². The predicted molar refractivity (Wildman–Crippen MR) is 58.5 cm³/mol. The highest BCUT2D eigenvalue weighted by Crippen LogP contribution is 2.16. The Hall–Kier alpha value is -2.37. The minimum atomic E-state index is -1.22. The number of benzene rings is 1. The number of nitrogens with one attached hydrogen (secondary N) is 1. The summed E-state index contributed by atoms with van der Waals surface area (Å²) in [6, 6.07) is 3.05. The van der Waals surface area contributed by atoms with E-state index in [2.05, 4.69) is 16.6 Å². The number of ether oxygens (including phenoxy) is 1. The molecule has 2 N–H and O–H groups in total. The van der Waals surface area contributed by atoms with Gasteiger partial charge in [-0.15, -0.1) is 0 Å². The Bertz CT molecular complexity index is 459. The van der Waals surface area contributed by atoms with Crippen LogP contribution in [0, 0.1) is 5.82 Å². The second kappa shape index (κ2) is 5.64. The van der Waals surface area contributed by atoms with Crippen molar-refractivity contribution in [3.63, 3.8) is 0 Å². The molecule has 0 radical (unpaired) electrons. The number of carboxylic acid groups (broad SMARTS) is 1. The zero-order valence-electron chi connectivity index (χ0n) is 8.77. The van der Waals surface area contributed by atoms with E-state index >= 15 is 0 Å². The van der Waals surface area contributed by atoms with E-state index < -0.39 is 17.9 Å². The summed E-state index contributed by atoms with van der Waals surface area (Å²) in [5.74, 6) is -1.96. The summed E-state index contributed by atoms with van der Waals surface area (Å²) in [5, 5.41) is 10.8. The lowest BCUT2D eigenvalue weighted by Crippen LogP contribution is -2.15. The van der Waals surface area contributed by atoms with E-state index in [1.54, 1.807) is 0 Å². The fourth-order valence-electron chi connectivity index (χ4n) is 1.03. The highest BCUT2D eigenvalue weighted by atomic mass is 19.1. The third-order valence-corrected chi connectivity index (χ3v) is 1.78. The summed E-state index contributed by atoms with van der Waals surface area (Å²) in [5.41, 5.74) is -0.385. The van der Waals surface area contributed by atoms with Gasteiger partial charge in [0.1, 0.15) is 12.4 Å². The highest BCUT2D eigenvalue weighted by molar-refractivity contribution is 5.91. The first-order valence-electron chi connectivity index (χ1n) is 4.62. The van der Waals surface area contributed by atoms with Crippen molar-refractivity contribution in [1.29, 1.82) is 0 Å². The highest BCUT2D eigenvalue weighted by Gasteiger charge is 2.11. The molecule has 0 atom stereocenters. The van der Waals surface area contributed by atoms with Crippen molar-refractivity contribution < 1.29 is 23.8 Å². The number of hydrogen-bond acceptors (Lipinski definition) is 3. The van der Waals surface area contributed by atoms with Crippen molar-refractivity contribution >= 4 is 17.7 Å². The molecule has 0 aliphatic rings. The van der Waals surface area contributed by atoms with E-state index in [0.29, 0.717) is 0 Å². The van der Waals surface area contributed by atoms with Crippen LogP contribution in [-0.4, -0.2) is 23.8 Å². The summed E-state index contributed by atoms with van der Waals surface area (Å²) < 4.78 is 17.8. The first kappa shape index (κ1) is 12.7. The van der Waals surface area contributed by atoms with Crippen molar-refractivity contribution in [3.05, 3.63) is 42.2 Å². The van der Waals surface area contributed by atoms with Gasteiger partial charge in [0.25, 0.3) is 0 Å². The van der Waals surface area contributed by atoms with E-state index in [0.717, 1.165) is 18.2 Å². The minimum absolute atomic E-state index is 0.0218. The lowest BCUT2D eigenvalue weighted by Gasteiger charge is -2.07. The van der Waals surface area contributed by atoms with E-state index in [9.17, 15) is 14.0 Å². The molecule has 0 unspecified atom stereocenters. The summed E-state index contributed by atoms with van der Waals surface area (Å²) in [7, 11) is 0. The van der Waals surface area contributed by atoms with Crippen LogP contribution in [0.3, 0.4) is 0 Å². The molecule has 0 aliphatic carbocycles. The van der Waals surface area contributed by atoms with Gasteiger partial charge < -0.3 is 9.84 Å². The molecule has 1 amide bonds. The maximum atomic E-state index is 13.2. The van der Waals surface area contributed by atoms with Gasteiger partial charge >= 0.3 is 12.1 Å². The Morgan fingerprint density at radius 2 is 2.24 bits per heavy atom. The molecule has 1 rings (SSSR count). The standard InChI is InChI=1S/C11H10FNO4/c1-2-5-17-11(16)13-9-6-7(10(14)15)3-4-8(9)12/h2-4,6H,1,5H2,(H,13,16)(H,14,15). The first-order valence-corrected chi connectivity index (χ1v) is 4.62. The van der Waals surface area contributed by atoms with Gasteiger partial charge in [-0.2, -0.15) is 0 Å². The van der Waals surface area contributed by atoms with Gasteiger partial charge in [-0.1, -0.05) is 12.7 Å². The monoisotopic (exact) mass is 239 g/mol. The molecule has 5 nitrogen and oxygen atoms in total. The molecule has 0 aliphatic heterocycles. The number of carbonyl (C=O) groups excluding carboxylic acids is 1. The van der Waals surface area contributed by atoms with Crippen molar-refractivity contribution in [2.45, 2.75) is 0 Å². The van der Waals surface area contributed by atoms with Crippen LogP contribution in [0.15, 0.2) is 30.9 Å². The van der Waals surface area contributed by atoms with E-state index in [1.165, 1.54) is 6.08 Å². The molecule has 1 aromatic rings. The topological polar surface area (TPSA) is 75.6 Å². The van der Waals surface area contributed by atoms with Crippen LogP contribution < -0.4 is 5.32 Å². The largest absolute Gasteiger partial charge is 0.478 e. The van der Waals surface area contributed by atoms with Crippen LogP contribution in [0.25, 0.3) is 0 Å². The molecular formula is C11H10FNO4. The minimum Gasteiger partial charge on any atom is -0.478 e. The fraction of sp³-hybridized carbons (Fsp3) is 0.0909. The zero-order valence-corrected chi connectivity index (χ0v) is 8.77.